The molecule has 0 bridgehead atoms. The van der Waals surface area contributed by atoms with Gasteiger partial charge in [0.05, 0.1) is 0 Å². The molecule has 0 aliphatic rings. The highest BCUT2D eigenvalue weighted by Gasteiger charge is 2.19. The Bertz CT molecular complexity index is 1150. The maximum Gasteiger partial charge on any atom is 0.306 e. The number of esters is 3. The molecule has 0 aliphatic heterocycles. The zero-order valence-electron chi connectivity index (χ0n) is 41.6. The zero-order valence-corrected chi connectivity index (χ0v) is 41.6. The third-order valence-corrected chi connectivity index (χ3v) is 11.5. The van der Waals surface area contributed by atoms with Gasteiger partial charge in [-0.05, 0) is 83.5 Å². The molecule has 0 fully saturated rings. The van der Waals surface area contributed by atoms with Crippen LogP contribution in [0.15, 0.2) is 60.8 Å². The van der Waals surface area contributed by atoms with Crippen LogP contribution in [0, 0.1) is 0 Å². The van der Waals surface area contributed by atoms with Crippen LogP contribution in [0.5, 0.6) is 0 Å². The summed E-state index contributed by atoms with van der Waals surface area (Å²) in [5.74, 6) is -0.895. The molecule has 0 saturated heterocycles. The second-order valence-corrected chi connectivity index (χ2v) is 17.8. The molecule has 0 aromatic rings. The van der Waals surface area contributed by atoms with E-state index in [1.165, 1.54) is 122 Å². The summed E-state index contributed by atoms with van der Waals surface area (Å²) < 4.78 is 16.7. The molecule has 1 unspecified atom stereocenters. The molecule has 0 rings (SSSR count). The van der Waals surface area contributed by atoms with E-state index >= 15 is 0 Å². The van der Waals surface area contributed by atoms with Gasteiger partial charge in [-0.1, -0.05) is 223 Å². The summed E-state index contributed by atoms with van der Waals surface area (Å²) in [5.41, 5.74) is 0. The van der Waals surface area contributed by atoms with Gasteiger partial charge in [-0.15, -0.1) is 0 Å². The fourth-order valence-electron chi connectivity index (χ4n) is 7.49. The lowest BCUT2D eigenvalue weighted by atomic mass is 10.0. The fraction of sp³-hybridized carbons (Fsp3) is 0.772. The topological polar surface area (TPSA) is 78.9 Å². The van der Waals surface area contributed by atoms with E-state index in [0.717, 1.165) is 103 Å². The van der Waals surface area contributed by atoms with Crippen molar-refractivity contribution in [1.29, 1.82) is 0 Å². The summed E-state index contributed by atoms with van der Waals surface area (Å²) in [7, 11) is 0. The van der Waals surface area contributed by atoms with E-state index in [1.54, 1.807) is 0 Å². The van der Waals surface area contributed by atoms with Crippen LogP contribution in [0.2, 0.25) is 0 Å². The predicted molar refractivity (Wildman–Crippen MR) is 270 cm³/mol. The number of allylic oxidation sites excluding steroid dienone is 10. The molecule has 6 heteroatoms. The van der Waals surface area contributed by atoms with Crippen LogP contribution in [-0.2, 0) is 28.6 Å². The van der Waals surface area contributed by atoms with Crippen molar-refractivity contribution in [2.24, 2.45) is 0 Å². The van der Waals surface area contributed by atoms with Crippen LogP contribution in [0.3, 0.4) is 0 Å². The normalized spacial score (nSPS) is 12.5. The molecule has 0 radical (unpaired) electrons. The largest absolute Gasteiger partial charge is 0.462 e. The van der Waals surface area contributed by atoms with Crippen molar-refractivity contribution in [3.8, 4) is 0 Å². The lowest BCUT2D eigenvalue weighted by Crippen LogP contribution is -2.30. The fourth-order valence-corrected chi connectivity index (χ4v) is 7.49. The molecule has 0 heterocycles. The van der Waals surface area contributed by atoms with Crippen molar-refractivity contribution < 1.29 is 28.6 Å². The molecule has 0 spiro atoms. The van der Waals surface area contributed by atoms with Crippen LogP contribution in [-0.4, -0.2) is 37.2 Å². The number of carbonyl (C=O) groups is 3. The second kappa shape index (κ2) is 51.7. The van der Waals surface area contributed by atoms with E-state index in [1.807, 2.05) is 0 Å². The Morgan fingerprint density at radius 3 is 1.00 bits per heavy atom. The van der Waals surface area contributed by atoms with Crippen LogP contribution < -0.4 is 0 Å². The Labute approximate surface area is 390 Å². The van der Waals surface area contributed by atoms with Crippen molar-refractivity contribution in [2.45, 2.75) is 271 Å². The van der Waals surface area contributed by atoms with Crippen LogP contribution in [0.1, 0.15) is 265 Å². The summed E-state index contributed by atoms with van der Waals surface area (Å²) in [4.78, 5) is 37.6. The first-order valence-electron chi connectivity index (χ1n) is 26.8. The molecule has 0 aromatic carbocycles. The molecular formula is C57H100O6. The summed E-state index contributed by atoms with van der Waals surface area (Å²) in [6, 6.07) is 0. The second-order valence-electron chi connectivity index (χ2n) is 17.8. The first kappa shape index (κ1) is 60.1. The lowest BCUT2D eigenvalue weighted by Gasteiger charge is -2.18. The highest BCUT2D eigenvalue weighted by Crippen LogP contribution is 2.15. The minimum atomic E-state index is -0.772. The molecule has 0 aliphatic carbocycles. The average Bonchev–Trinajstić information content (AvgIpc) is 3.28. The number of ether oxygens (including phenoxy) is 3. The molecule has 6 nitrogen and oxygen atoms in total. The van der Waals surface area contributed by atoms with Gasteiger partial charge in [0.15, 0.2) is 6.10 Å². The molecule has 0 amide bonds. The Balaban J connectivity index is 4.02. The Morgan fingerprint density at radius 1 is 0.333 bits per heavy atom. The number of carbonyl (C=O) groups excluding carboxylic acids is 3. The Morgan fingerprint density at radius 2 is 0.619 bits per heavy atom. The van der Waals surface area contributed by atoms with Gasteiger partial charge in [-0.25, -0.2) is 0 Å². The third-order valence-electron chi connectivity index (χ3n) is 11.5. The Hall–Kier alpha value is -2.89. The maximum atomic E-state index is 12.7. The van der Waals surface area contributed by atoms with Gasteiger partial charge in [-0.3, -0.25) is 14.4 Å². The molecule has 0 aromatic heterocycles. The van der Waals surface area contributed by atoms with Crippen LogP contribution in [0.25, 0.3) is 0 Å². The standard InChI is InChI=1S/C57H100O6/c1-4-7-10-13-15-17-19-21-22-23-24-25-26-27-28-29-30-31-32-33-34-36-37-39-41-44-47-50-56(59)62-53-54(52-61-55(58)49-46-43-12-9-6-3)63-57(60)51-48-45-42-40-38-35-20-18-16-14-11-8-5-2/h7,10,15,17-18,20-22,24-25,54H,4-6,8-9,11-14,16,19,23,26-53H2,1-3H3/b10-7-,17-15-,20-18-,22-21-,25-24-. The van der Waals surface area contributed by atoms with E-state index in [9.17, 15) is 14.4 Å². The SMILES string of the molecule is CC/C=C\C/C=C\C/C=C\C/C=C\CCCCCCCCCCCCCCCCC(=O)OCC(COC(=O)CCCCCCC)OC(=O)CCCCCCC/C=C\CCCCCC. The van der Waals surface area contributed by atoms with Gasteiger partial charge in [0.2, 0.25) is 0 Å². The zero-order chi connectivity index (χ0) is 45.8. The van der Waals surface area contributed by atoms with E-state index in [-0.39, 0.29) is 31.1 Å². The van der Waals surface area contributed by atoms with Gasteiger partial charge in [-0.2, -0.15) is 0 Å². The molecule has 1 atom stereocenters. The van der Waals surface area contributed by atoms with Gasteiger partial charge in [0.1, 0.15) is 13.2 Å². The number of unbranched alkanes of at least 4 members (excludes halogenated alkanes) is 27. The van der Waals surface area contributed by atoms with Gasteiger partial charge < -0.3 is 14.2 Å². The van der Waals surface area contributed by atoms with Crippen molar-refractivity contribution in [3.05, 3.63) is 60.8 Å². The van der Waals surface area contributed by atoms with Crippen LogP contribution >= 0.6 is 0 Å². The van der Waals surface area contributed by atoms with Gasteiger partial charge >= 0.3 is 17.9 Å². The smallest absolute Gasteiger partial charge is 0.306 e. The summed E-state index contributed by atoms with van der Waals surface area (Å²) in [5, 5.41) is 0. The molecule has 63 heavy (non-hydrogen) atoms. The molecular weight excluding hydrogens is 781 g/mol. The molecule has 0 saturated carbocycles. The molecule has 0 N–H and O–H groups in total. The Kier molecular flexibility index (Phi) is 49.4. The summed E-state index contributed by atoms with van der Waals surface area (Å²) in [6.45, 7) is 6.43. The third kappa shape index (κ3) is 50.0. The summed E-state index contributed by atoms with van der Waals surface area (Å²) in [6.07, 6.45) is 64.0. The monoisotopic (exact) mass is 881 g/mol. The maximum absolute atomic E-state index is 12.7. The number of rotatable bonds is 48. The average molecular weight is 881 g/mol. The first-order chi connectivity index (χ1) is 31.0. The summed E-state index contributed by atoms with van der Waals surface area (Å²) >= 11 is 0. The van der Waals surface area contributed by atoms with E-state index < -0.39 is 6.10 Å². The number of hydrogen-bond donors (Lipinski definition) is 0. The van der Waals surface area contributed by atoms with Crippen molar-refractivity contribution >= 4 is 17.9 Å². The van der Waals surface area contributed by atoms with Crippen LogP contribution in [0.4, 0.5) is 0 Å². The highest BCUT2D eigenvalue weighted by molar-refractivity contribution is 5.71. The first-order valence-corrected chi connectivity index (χ1v) is 26.8. The number of hydrogen-bond acceptors (Lipinski definition) is 6. The van der Waals surface area contributed by atoms with Crippen molar-refractivity contribution in [2.75, 3.05) is 13.2 Å². The quantitative estimate of drug-likeness (QED) is 0.0262. The predicted octanol–water partition coefficient (Wildman–Crippen LogP) is 17.6. The minimum absolute atomic E-state index is 0.0762. The van der Waals surface area contributed by atoms with E-state index in [4.69, 9.17) is 14.2 Å². The van der Waals surface area contributed by atoms with Gasteiger partial charge in [0.25, 0.3) is 0 Å². The minimum Gasteiger partial charge on any atom is -0.462 e. The van der Waals surface area contributed by atoms with Crippen molar-refractivity contribution in [1.82, 2.24) is 0 Å². The van der Waals surface area contributed by atoms with Crippen molar-refractivity contribution in [3.63, 3.8) is 0 Å². The van der Waals surface area contributed by atoms with Gasteiger partial charge in [0, 0.05) is 19.3 Å². The highest BCUT2D eigenvalue weighted by atomic mass is 16.6. The van der Waals surface area contributed by atoms with E-state index in [0.29, 0.717) is 19.3 Å². The van der Waals surface area contributed by atoms with E-state index in [2.05, 4.69) is 81.5 Å². The molecule has 364 valence electrons. The lowest BCUT2D eigenvalue weighted by molar-refractivity contribution is -0.167.